The molecule has 5 nitrogen and oxygen atoms in total. The van der Waals surface area contributed by atoms with E-state index in [1.807, 2.05) is 6.07 Å². The highest BCUT2D eigenvalue weighted by Crippen LogP contribution is 2.37. The predicted molar refractivity (Wildman–Crippen MR) is 54.1 cm³/mol. The molecule has 84 valence electrons. The minimum atomic E-state index is -3.64. The Morgan fingerprint density at radius 3 is 2.13 bits per heavy atom. The van der Waals surface area contributed by atoms with E-state index in [4.69, 9.17) is 5.26 Å². The van der Waals surface area contributed by atoms with Gasteiger partial charge in [-0.25, -0.2) is 12.7 Å². The first kappa shape index (κ1) is 12.0. The van der Waals surface area contributed by atoms with Crippen LogP contribution in [0.3, 0.4) is 0 Å². The van der Waals surface area contributed by atoms with E-state index in [1.165, 1.54) is 13.8 Å². The second-order valence-corrected chi connectivity index (χ2v) is 6.80. The van der Waals surface area contributed by atoms with Gasteiger partial charge < -0.3 is 0 Å². The molecule has 0 bridgehead atoms. The molecule has 1 rings (SSSR count). The Kier molecular flexibility index (Phi) is 2.56. The summed E-state index contributed by atoms with van der Waals surface area (Å²) >= 11 is 0. The molecule has 1 fully saturated rings. The van der Waals surface area contributed by atoms with Crippen molar-refractivity contribution >= 4 is 15.9 Å². The van der Waals surface area contributed by atoms with E-state index in [0.717, 1.165) is 0 Å². The van der Waals surface area contributed by atoms with E-state index >= 15 is 0 Å². The van der Waals surface area contributed by atoms with Gasteiger partial charge in [0.15, 0.2) is 4.75 Å². The van der Waals surface area contributed by atoms with Gasteiger partial charge >= 0.3 is 0 Å². The standard InChI is InChI=1S/C9H14N2O3S/c1-6(2)7(5-10)11-8(12)9(3,4)15(11,13)14/h6-7H,1-4H3. The summed E-state index contributed by atoms with van der Waals surface area (Å²) in [5.41, 5.74) is 0. The monoisotopic (exact) mass is 230 g/mol. The van der Waals surface area contributed by atoms with E-state index in [-0.39, 0.29) is 5.92 Å². The Labute approximate surface area is 89.7 Å². The third-order valence-electron chi connectivity index (χ3n) is 2.64. The molecule has 6 heteroatoms. The van der Waals surface area contributed by atoms with Crippen LogP contribution in [0.2, 0.25) is 0 Å². The summed E-state index contributed by atoms with van der Waals surface area (Å²) in [6, 6.07) is 0.960. The number of hydrogen-bond donors (Lipinski definition) is 0. The van der Waals surface area contributed by atoms with Gasteiger partial charge in [-0.15, -0.1) is 0 Å². The van der Waals surface area contributed by atoms with Crippen LogP contribution in [0.25, 0.3) is 0 Å². The Balaban J connectivity index is 3.13. The van der Waals surface area contributed by atoms with E-state index in [1.54, 1.807) is 13.8 Å². The summed E-state index contributed by atoms with van der Waals surface area (Å²) in [6.07, 6.45) is 0. The lowest BCUT2D eigenvalue weighted by Gasteiger charge is -2.45. The van der Waals surface area contributed by atoms with Gasteiger partial charge in [0.25, 0.3) is 15.9 Å². The van der Waals surface area contributed by atoms with E-state index in [0.29, 0.717) is 4.31 Å². The number of nitrogens with zero attached hydrogens (tertiary/aromatic N) is 2. The number of carbonyl (C=O) groups excluding carboxylic acids is 1. The van der Waals surface area contributed by atoms with Crippen molar-refractivity contribution < 1.29 is 13.2 Å². The molecule has 1 saturated heterocycles. The average molecular weight is 230 g/mol. The summed E-state index contributed by atoms with van der Waals surface area (Å²) in [4.78, 5) is 11.6. The first-order valence-corrected chi connectivity index (χ1v) is 6.10. The Morgan fingerprint density at radius 1 is 1.40 bits per heavy atom. The fraction of sp³-hybridized carbons (Fsp3) is 0.778. The normalized spacial score (nSPS) is 24.5. The molecule has 1 heterocycles. The highest BCUT2D eigenvalue weighted by atomic mass is 32.2. The molecule has 0 aromatic heterocycles. The fourth-order valence-electron chi connectivity index (χ4n) is 1.44. The summed E-state index contributed by atoms with van der Waals surface area (Å²) in [6.45, 7) is 6.13. The number of sulfonamides is 1. The molecule has 0 spiro atoms. The Morgan fingerprint density at radius 2 is 1.87 bits per heavy atom. The van der Waals surface area contributed by atoms with Crippen LogP contribution in [-0.2, 0) is 14.8 Å². The lowest BCUT2D eigenvalue weighted by molar-refractivity contribution is -0.133. The second kappa shape index (κ2) is 3.20. The molecule has 0 saturated carbocycles. The molecule has 1 unspecified atom stereocenters. The fourth-order valence-corrected chi connectivity index (χ4v) is 3.15. The van der Waals surface area contributed by atoms with Gasteiger partial charge in [-0.1, -0.05) is 13.8 Å². The molecular formula is C9H14N2O3S. The first-order chi connectivity index (χ1) is 6.67. The average Bonchev–Trinajstić information content (AvgIpc) is 2.11. The Bertz CT molecular complexity index is 431. The van der Waals surface area contributed by atoms with Gasteiger partial charge in [-0.3, -0.25) is 4.79 Å². The van der Waals surface area contributed by atoms with Gasteiger partial charge in [0.2, 0.25) is 0 Å². The highest BCUT2D eigenvalue weighted by Gasteiger charge is 2.62. The molecule has 1 atom stereocenters. The second-order valence-electron chi connectivity index (χ2n) is 4.43. The summed E-state index contributed by atoms with van der Waals surface area (Å²) < 4.78 is 22.8. The van der Waals surface area contributed by atoms with Crippen LogP contribution in [0, 0.1) is 17.2 Å². The van der Waals surface area contributed by atoms with Crippen molar-refractivity contribution in [2.24, 2.45) is 5.92 Å². The van der Waals surface area contributed by atoms with E-state index in [2.05, 4.69) is 0 Å². The minimum Gasteiger partial charge on any atom is -0.272 e. The molecule has 0 N–H and O–H groups in total. The highest BCUT2D eigenvalue weighted by molar-refractivity contribution is 7.94. The SMILES string of the molecule is CC(C)C(C#N)N1C(=O)C(C)(C)S1(=O)=O. The van der Waals surface area contributed by atoms with Crippen molar-refractivity contribution in [3.05, 3.63) is 0 Å². The third kappa shape index (κ3) is 1.34. The van der Waals surface area contributed by atoms with Crippen LogP contribution >= 0.6 is 0 Å². The molecular weight excluding hydrogens is 216 g/mol. The summed E-state index contributed by atoms with van der Waals surface area (Å²) in [5.74, 6) is -0.701. The topological polar surface area (TPSA) is 78.2 Å². The van der Waals surface area contributed by atoms with Crippen molar-refractivity contribution in [1.82, 2.24) is 4.31 Å². The Hall–Kier alpha value is -1.09. The van der Waals surface area contributed by atoms with Crippen LogP contribution in [0.5, 0.6) is 0 Å². The van der Waals surface area contributed by atoms with Crippen molar-refractivity contribution in [2.75, 3.05) is 0 Å². The zero-order valence-corrected chi connectivity index (χ0v) is 10.00. The van der Waals surface area contributed by atoms with Gasteiger partial charge in [0.1, 0.15) is 6.04 Å². The van der Waals surface area contributed by atoms with E-state index < -0.39 is 26.7 Å². The maximum absolute atomic E-state index is 11.7. The van der Waals surface area contributed by atoms with Crippen LogP contribution in [0.1, 0.15) is 27.7 Å². The molecule has 1 aliphatic rings. The molecule has 1 aliphatic heterocycles. The van der Waals surface area contributed by atoms with Gasteiger partial charge in [0.05, 0.1) is 6.07 Å². The molecule has 15 heavy (non-hydrogen) atoms. The van der Waals surface area contributed by atoms with Crippen LogP contribution in [0.15, 0.2) is 0 Å². The molecule has 0 aromatic carbocycles. The summed E-state index contributed by atoms with van der Waals surface area (Å²) in [5, 5.41) is 8.84. The first-order valence-electron chi connectivity index (χ1n) is 4.66. The van der Waals surface area contributed by atoms with Crippen LogP contribution in [-0.4, -0.2) is 29.4 Å². The minimum absolute atomic E-state index is 0.204. The molecule has 0 radical (unpaired) electrons. The molecule has 0 aromatic rings. The third-order valence-corrected chi connectivity index (χ3v) is 5.01. The van der Waals surface area contributed by atoms with Gasteiger partial charge in [-0.2, -0.15) is 5.26 Å². The number of rotatable bonds is 2. The quantitative estimate of drug-likeness (QED) is 0.691. The number of hydrogen-bond acceptors (Lipinski definition) is 4. The van der Waals surface area contributed by atoms with Gasteiger partial charge in [-0.05, 0) is 19.8 Å². The number of amides is 1. The van der Waals surface area contributed by atoms with Crippen molar-refractivity contribution in [2.45, 2.75) is 38.5 Å². The van der Waals surface area contributed by atoms with Crippen molar-refractivity contribution in [3.63, 3.8) is 0 Å². The number of nitriles is 1. The van der Waals surface area contributed by atoms with Crippen molar-refractivity contribution in [1.29, 1.82) is 5.26 Å². The van der Waals surface area contributed by atoms with E-state index in [9.17, 15) is 13.2 Å². The largest absolute Gasteiger partial charge is 0.272 e. The molecule has 1 amide bonds. The summed E-state index contributed by atoms with van der Waals surface area (Å²) in [7, 11) is -3.64. The molecule has 0 aliphatic carbocycles. The number of carbonyl (C=O) groups is 1. The lowest BCUT2D eigenvalue weighted by Crippen LogP contribution is -2.70. The maximum atomic E-state index is 11.7. The van der Waals surface area contributed by atoms with Crippen LogP contribution in [0.4, 0.5) is 0 Å². The lowest BCUT2D eigenvalue weighted by atomic mass is 10.0. The van der Waals surface area contributed by atoms with Crippen molar-refractivity contribution in [3.8, 4) is 6.07 Å². The zero-order valence-electron chi connectivity index (χ0n) is 9.18. The van der Waals surface area contributed by atoms with Gasteiger partial charge in [0, 0.05) is 0 Å². The zero-order chi connectivity index (χ0) is 12.0. The van der Waals surface area contributed by atoms with Crippen LogP contribution < -0.4 is 0 Å². The smallest absolute Gasteiger partial charge is 0.260 e. The predicted octanol–water partition coefficient (Wildman–Crippen LogP) is 0.485. The maximum Gasteiger partial charge on any atom is 0.260 e.